The van der Waals surface area contributed by atoms with Crippen LogP contribution in [0.3, 0.4) is 0 Å². The number of hydrogen-bond donors (Lipinski definition) is 7. The van der Waals surface area contributed by atoms with Crippen LogP contribution in [-0.2, 0) is 35.2 Å². The molecule has 0 saturated heterocycles. The molecule has 180 valence electrons. The topological polar surface area (TPSA) is 231 Å². The molecular weight excluding hydrogens is 438 g/mol. The third-order valence-electron chi connectivity index (χ3n) is 4.38. The number of carbonyl (C=O) groups excluding carboxylic acids is 4. The molecule has 1 rings (SSSR count). The minimum absolute atomic E-state index is 0.00117. The smallest absolute Gasteiger partial charge is 0.326 e. The fraction of sp³-hybridized carbons (Fsp3) is 0.400. The first-order valence-corrected chi connectivity index (χ1v) is 9.89. The van der Waals surface area contributed by atoms with Crippen LogP contribution in [0.2, 0.25) is 0 Å². The highest BCUT2D eigenvalue weighted by Gasteiger charge is 2.27. The van der Waals surface area contributed by atoms with Crippen molar-refractivity contribution in [1.82, 2.24) is 16.0 Å². The van der Waals surface area contributed by atoms with Crippen LogP contribution >= 0.6 is 0 Å². The van der Waals surface area contributed by atoms with Gasteiger partial charge in [-0.05, 0) is 12.0 Å². The molecule has 0 aliphatic carbocycles. The summed E-state index contributed by atoms with van der Waals surface area (Å²) >= 11 is 0. The summed E-state index contributed by atoms with van der Waals surface area (Å²) in [5.41, 5.74) is 11.1. The Kier molecular flexibility index (Phi) is 11.0. The molecule has 3 atom stereocenters. The lowest BCUT2D eigenvalue weighted by Gasteiger charge is -2.22. The van der Waals surface area contributed by atoms with Gasteiger partial charge in [0.2, 0.25) is 23.6 Å². The fourth-order valence-electron chi connectivity index (χ4n) is 2.71. The summed E-state index contributed by atoms with van der Waals surface area (Å²) in [4.78, 5) is 69.8. The first-order valence-electron chi connectivity index (χ1n) is 9.89. The van der Waals surface area contributed by atoms with Crippen LogP contribution in [0.1, 0.15) is 24.8 Å². The summed E-state index contributed by atoms with van der Waals surface area (Å²) in [5.74, 6) is -5.87. The van der Waals surface area contributed by atoms with Crippen molar-refractivity contribution in [2.24, 2.45) is 11.5 Å². The molecule has 0 spiro atoms. The zero-order chi connectivity index (χ0) is 25.0. The summed E-state index contributed by atoms with van der Waals surface area (Å²) in [7, 11) is 0. The number of carboxylic acids is 2. The van der Waals surface area contributed by atoms with Crippen LogP contribution in [0.4, 0.5) is 0 Å². The summed E-state index contributed by atoms with van der Waals surface area (Å²) in [6, 6.07) is 4.60. The second-order valence-corrected chi connectivity index (χ2v) is 7.14. The van der Waals surface area contributed by atoms with Gasteiger partial charge in [-0.3, -0.25) is 24.0 Å². The van der Waals surface area contributed by atoms with E-state index in [4.69, 9.17) is 16.6 Å². The Bertz CT molecular complexity index is 876. The van der Waals surface area contributed by atoms with E-state index < -0.39 is 73.1 Å². The Morgan fingerprint density at radius 1 is 0.909 bits per heavy atom. The Morgan fingerprint density at radius 2 is 1.55 bits per heavy atom. The predicted molar refractivity (Wildman–Crippen MR) is 113 cm³/mol. The van der Waals surface area contributed by atoms with Crippen molar-refractivity contribution in [1.29, 1.82) is 0 Å². The van der Waals surface area contributed by atoms with Crippen LogP contribution in [0.25, 0.3) is 0 Å². The number of primary amides is 1. The zero-order valence-electron chi connectivity index (χ0n) is 17.7. The second-order valence-electron chi connectivity index (χ2n) is 7.14. The Morgan fingerprint density at radius 3 is 2.09 bits per heavy atom. The van der Waals surface area contributed by atoms with Gasteiger partial charge in [-0.2, -0.15) is 0 Å². The van der Waals surface area contributed by atoms with Crippen molar-refractivity contribution in [3.05, 3.63) is 35.9 Å². The molecular formula is C20H27N5O8. The lowest BCUT2D eigenvalue weighted by atomic mass is 10.0. The van der Waals surface area contributed by atoms with Gasteiger partial charge in [0.05, 0.1) is 19.0 Å². The van der Waals surface area contributed by atoms with Gasteiger partial charge in [-0.15, -0.1) is 0 Å². The molecule has 9 N–H and O–H groups in total. The van der Waals surface area contributed by atoms with Gasteiger partial charge in [0.1, 0.15) is 12.1 Å². The minimum Gasteiger partial charge on any atom is -0.481 e. The van der Waals surface area contributed by atoms with Gasteiger partial charge < -0.3 is 37.6 Å². The lowest BCUT2D eigenvalue weighted by molar-refractivity contribution is -0.143. The standard InChI is InChI=1S/C20H27N5O8/c21-12(9-15(22)26)18(30)23-10-16(27)24-14(8-11-4-2-1-3-5-11)19(31)25-13(20(32)33)6-7-17(28)29/h1-5,12-14H,6-10,21H2,(H2,22,26)(H,23,30)(H,24,27)(H,25,31)(H,28,29)(H,32,33). The number of nitrogens with two attached hydrogens (primary N) is 2. The molecule has 4 amide bonds. The largest absolute Gasteiger partial charge is 0.481 e. The van der Waals surface area contributed by atoms with E-state index in [1.165, 1.54) is 0 Å². The fourth-order valence-corrected chi connectivity index (χ4v) is 2.71. The molecule has 0 bridgehead atoms. The maximum atomic E-state index is 12.7. The molecule has 0 radical (unpaired) electrons. The van der Waals surface area contributed by atoms with E-state index in [1.54, 1.807) is 30.3 Å². The number of amides is 4. The van der Waals surface area contributed by atoms with Crippen LogP contribution in [0, 0.1) is 0 Å². The molecule has 0 heterocycles. The van der Waals surface area contributed by atoms with Crippen molar-refractivity contribution < 1.29 is 39.0 Å². The van der Waals surface area contributed by atoms with Crippen molar-refractivity contribution >= 4 is 35.6 Å². The number of carbonyl (C=O) groups is 6. The van der Waals surface area contributed by atoms with Gasteiger partial charge in [0.25, 0.3) is 0 Å². The second kappa shape index (κ2) is 13.4. The Balaban J connectivity index is 2.84. The van der Waals surface area contributed by atoms with Crippen LogP contribution < -0.4 is 27.4 Å². The maximum absolute atomic E-state index is 12.7. The molecule has 13 heteroatoms. The summed E-state index contributed by atoms with van der Waals surface area (Å²) in [5, 5.41) is 24.9. The van der Waals surface area contributed by atoms with Gasteiger partial charge in [-0.1, -0.05) is 30.3 Å². The van der Waals surface area contributed by atoms with Crippen molar-refractivity contribution in [3.63, 3.8) is 0 Å². The van der Waals surface area contributed by atoms with Crippen molar-refractivity contribution in [2.45, 2.75) is 43.8 Å². The van der Waals surface area contributed by atoms with Crippen molar-refractivity contribution in [2.75, 3.05) is 6.54 Å². The molecule has 3 unspecified atom stereocenters. The zero-order valence-corrected chi connectivity index (χ0v) is 17.7. The summed E-state index contributed by atoms with van der Waals surface area (Å²) in [6.45, 7) is -0.564. The van der Waals surface area contributed by atoms with Gasteiger partial charge in [0, 0.05) is 12.8 Å². The Labute approximate surface area is 188 Å². The molecule has 0 fully saturated rings. The number of hydrogen-bond acceptors (Lipinski definition) is 7. The lowest BCUT2D eigenvalue weighted by Crippen LogP contribution is -2.54. The van der Waals surface area contributed by atoms with E-state index in [0.29, 0.717) is 5.56 Å². The van der Waals surface area contributed by atoms with E-state index in [9.17, 15) is 33.9 Å². The normalized spacial score (nSPS) is 13.1. The average molecular weight is 465 g/mol. The molecule has 13 nitrogen and oxygen atoms in total. The highest BCUT2D eigenvalue weighted by atomic mass is 16.4. The highest BCUT2D eigenvalue weighted by Crippen LogP contribution is 2.05. The number of rotatable bonds is 14. The van der Waals surface area contributed by atoms with E-state index in [-0.39, 0.29) is 12.8 Å². The monoisotopic (exact) mass is 465 g/mol. The highest BCUT2D eigenvalue weighted by molar-refractivity contribution is 5.93. The molecule has 0 aliphatic rings. The molecule has 1 aromatic rings. The summed E-state index contributed by atoms with van der Waals surface area (Å²) in [6.07, 6.45) is -1.25. The van der Waals surface area contributed by atoms with Crippen LogP contribution in [0.15, 0.2) is 30.3 Å². The van der Waals surface area contributed by atoms with Gasteiger partial charge in [0.15, 0.2) is 0 Å². The number of aliphatic carboxylic acids is 2. The van der Waals surface area contributed by atoms with Crippen molar-refractivity contribution in [3.8, 4) is 0 Å². The SMILES string of the molecule is NC(=O)CC(N)C(=O)NCC(=O)NC(Cc1ccccc1)C(=O)NC(CCC(=O)O)C(=O)O. The Hall–Kier alpha value is -4.00. The molecule has 1 aromatic carbocycles. The first-order chi connectivity index (χ1) is 15.5. The number of carboxylic acid groups (broad SMARTS) is 2. The molecule has 0 aliphatic heterocycles. The van der Waals surface area contributed by atoms with E-state index in [0.717, 1.165) is 0 Å². The minimum atomic E-state index is -1.48. The quantitative estimate of drug-likeness (QED) is 0.153. The van der Waals surface area contributed by atoms with Gasteiger partial charge >= 0.3 is 11.9 Å². The number of nitrogens with one attached hydrogen (secondary N) is 3. The first kappa shape index (κ1) is 27.0. The van der Waals surface area contributed by atoms with Gasteiger partial charge in [-0.25, -0.2) is 4.79 Å². The third kappa shape index (κ3) is 10.7. The predicted octanol–water partition coefficient (Wildman–Crippen LogP) is -2.53. The van der Waals surface area contributed by atoms with E-state index in [2.05, 4.69) is 16.0 Å². The average Bonchev–Trinajstić information content (AvgIpc) is 2.74. The molecule has 0 saturated carbocycles. The summed E-state index contributed by atoms with van der Waals surface area (Å²) < 4.78 is 0. The van der Waals surface area contributed by atoms with E-state index >= 15 is 0 Å². The van der Waals surface area contributed by atoms with Crippen LogP contribution in [-0.4, -0.2) is 70.5 Å². The van der Waals surface area contributed by atoms with Crippen LogP contribution in [0.5, 0.6) is 0 Å². The maximum Gasteiger partial charge on any atom is 0.326 e. The molecule has 33 heavy (non-hydrogen) atoms. The molecule has 0 aromatic heterocycles. The van der Waals surface area contributed by atoms with E-state index in [1.807, 2.05) is 0 Å². The third-order valence-corrected chi connectivity index (χ3v) is 4.38. The number of benzene rings is 1.